The lowest BCUT2D eigenvalue weighted by molar-refractivity contribution is -0.156. The van der Waals surface area contributed by atoms with Crippen LogP contribution in [0.5, 0.6) is 0 Å². The molecule has 6 heteroatoms. The van der Waals surface area contributed by atoms with E-state index in [2.05, 4.69) is 11.4 Å². The zero-order chi connectivity index (χ0) is 36.6. The van der Waals surface area contributed by atoms with Gasteiger partial charge in [-0.1, -0.05) is 73.6 Å². The Balaban J connectivity index is 2.20. The number of aryl methyl sites for hydroxylation is 2. The van der Waals surface area contributed by atoms with Gasteiger partial charge in [-0.3, -0.25) is 14.9 Å². The molecule has 6 atom stereocenters. The van der Waals surface area contributed by atoms with Crippen molar-refractivity contribution in [3.05, 3.63) is 34.9 Å². The van der Waals surface area contributed by atoms with Crippen LogP contribution in [0.15, 0.2) is 18.2 Å². The van der Waals surface area contributed by atoms with E-state index in [0.29, 0.717) is 0 Å². The van der Waals surface area contributed by atoms with Gasteiger partial charge in [0.1, 0.15) is 11.8 Å². The fourth-order valence-electron chi connectivity index (χ4n) is 5.89. The molecule has 0 aromatic heterocycles. The second-order valence-corrected chi connectivity index (χ2v) is 14.1. The normalized spacial score (nSPS) is 34.9. The maximum absolute atomic E-state index is 15.0. The lowest BCUT2D eigenvalue weighted by Gasteiger charge is -2.47. The van der Waals surface area contributed by atoms with Gasteiger partial charge in [0.05, 0.1) is 19.6 Å². The Labute approximate surface area is 257 Å². The Hall–Kier alpha value is -2.21. The number of ether oxygens (including phenoxy) is 1. The van der Waals surface area contributed by atoms with Crippen molar-refractivity contribution >= 4 is 18.2 Å². The summed E-state index contributed by atoms with van der Waals surface area (Å²) in [6.07, 6.45) is -5.04. The van der Waals surface area contributed by atoms with E-state index in [1.807, 2.05) is 46.8 Å². The van der Waals surface area contributed by atoms with Crippen molar-refractivity contribution in [2.75, 3.05) is 6.61 Å². The number of carbonyl (C=O) groups is 3. The first-order valence-electron chi connectivity index (χ1n) is 18.0. The van der Waals surface area contributed by atoms with Gasteiger partial charge in [0.2, 0.25) is 5.91 Å². The molecule has 1 N–H and O–H groups in total. The molecule has 1 saturated heterocycles. The number of rotatable bonds is 11. The Bertz CT molecular complexity index is 1420. The topological polar surface area (TPSA) is 75.7 Å². The first-order chi connectivity index (χ1) is 21.1. The molecule has 1 aliphatic heterocycles. The number of hydrogen-bond acceptors (Lipinski definition) is 5. The zero-order valence-electron chi connectivity index (χ0n) is 33.2. The molecule has 0 spiro atoms. The highest BCUT2D eigenvalue weighted by atomic mass is 16.5. The third-order valence-electron chi connectivity index (χ3n) is 9.53. The molecule has 1 aromatic rings. The Morgan fingerprint density at radius 1 is 1.17 bits per heavy atom. The molecule has 1 aliphatic carbocycles. The zero-order valence-corrected chi connectivity index (χ0v) is 27.2. The quantitative estimate of drug-likeness (QED) is 0.234. The van der Waals surface area contributed by atoms with Crippen LogP contribution in [0.25, 0.3) is 0 Å². The molecule has 1 heterocycles. The molecular weight excluding hydrogens is 512 g/mol. The summed E-state index contributed by atoms with van der Waals surface area (Å²) in [6, 6.07) is 1.66. The third-order valence-corrected chi connectivity index (χ3v) is 9.53. The van der Waals surface area contributed by atoms with E-state index < -0.39 is 64.5 Å². The number of aldehydes is 1. The first kappa shape index (κ1) is 25.3. The van der Waals surface area contributed by atoms with Crippen LogP contribution in [-0.4, -0.2) is 52.8 Å². The van der Waals surface area contributed by atoms with Crippen molar-refractivity contribution < 1.29 is 27.3 Å². The van der Waals surface area contributed by atoms with Crippen molar-refractivity contribution in [1.82, 2.24) is 10.2 Å². The van der Waals surface area contributed by atoms with Crippen LogP contribution in [-0.2, 0) is 19.1 Å². The predicted octanol–water partition coefficient (Wildman–Crippen LogP) is 6.75. The minimum Gasteiger partial charge on any atom is -0.464 e. The van der Waals surface area contributed by atoms with Gasteiger partial charge < -0.3 is 14.4 Å². The van der Waals surface area contributed by atoms with Crippen LogP contribution in [0.1, 0.15) is 126 Å². The molecule has 2 aliphatic rings. The molecule has 41 heavy (non-hydrogen) atoms. The van der Waals surface area contributed by atoms with E-state index in [1.165, 1.54) is 0 Å². The van der Waals surface area contributed by atoms with E-state index in [0.717, 1.165) is 21.6 Å². The van der Waals surface area contributed by atoms with Crippen molar-refractivity contribution in [2.24, 2.45) is 22.6 Å². The third kappa shape index (κ3) is 6.28. The summed E-state index contributed by atoms with van der Waals surface area (Å²) in [7, 11) is 0. The van der Waals surface area contributed by atoms with Gasteiger partial charge in [-0.15, -0.1) is 0 Å². The average molecular weight is 575 g/mol. The molecule has 1 saturated carbocycles. The van der Waals surface area contributed by atoms with E-state index in [4.69, 9.17) is 10.2 Å². The summed E-state index contributed by atoms with van der Waals surface area (Å²) < 4.78 is 61.5. The van der Waals surface area contributed by atoms with E-state index in [9.17, 15) is 12.3 Å². The second kappa shape index (κ2) is 11.8. The van der Waals surface area contributed by atoms with Gasteiger partial charge in [0, 0.05) is 12.9 Å². The molecule has 230 valence electrons. The fraction of sp³-hybridized carbons (Fsp3) is 0.743. The molecule has 0 radical (unpaired) electrons. The number of likely N-dealkylation sites (tertiary alicyclic amines) is 1. The van der Waals surface area contributed by atoms with E-state index in [-0.39, 0.29) is 37.6 Å². The molecule has 1 unspecified atom stereocenters. The van der Waals surface area contributed by atoms with Crippen LogP contribution in [0.3, 0.4) is 0 Å². The summed E-state index contributed by atoms with van der Waals surface area (Å²) >= 11 is 0. The smallest absolute Gasteiger partial charge is 0.326 e. The van der Waals surface area contributed by atoms with Gasteiger partial charge in [0.25, 0.3) is 0 Å². The number of hydrogen-bond donors (Lipinski definition) is 1. The Morgan fingerprint density at radius 2 is 1.80 bits per heavy atom. The number of carbonyl (C=O) groups excluding carboxylic acids is 3. The average Bonchev–Trinajstić information content (AvgIpc) is 3.15. The van der Waals surface area contributed by atoms with Gasteiger partial charge in [-0.05, 0) is 98.5 Å². The monoisotopic (exact) mass is 574 g/mol. The lowest BCUT2D eigenvalue weighted by Crippen LogP contribution is -2.67. The summed E-state index contributed by atoms with van der Waals surface area (Å²) in [5.41, 5.74) is -2.83. The molecule has 1 amide bonds. The number of esters is 1. The van der Waals surface area contributed by atoms with E-state index in [1.54, 1.807) is 48.5 Å². The largest absolute Gasteiger partial charge is 0.464 e. The maximum atomic E-state index is 15.0. The van der Waals surface area contributed by atoms with Crippen molar-refractivity contribution in [3.63, 3.8) is 0 Å². The summed E-state index contributed by atoms with van der Waals surface area (Å²) in [4.78, 5) is 42.5. The van der Waals surface area contributed by atoms with Crippen LogP contribution in [0.2, 0.25) is 0 Å². The number of benzene rings is 1. The van der Waals surface area contributed by atoms with Crippen molar-refractivity contribution in [1.29, 1.82) is 0 Å². The molecule has 1 aromatic carbocycles. The molecule has 2 fully saturated rings. The molecule has 6 nitrogen and oxygen atoms in total. The summed E-state index contributed by atoms with van der Waals surface area (Å²) in [6.45, 7) is 21.2. The number of amides is 1. The van der Waals surface area contributed by atoms with E-state index >= 15 is 4.79 Å². The van der Waals surface area contributed by atoms with Crippen LogP contribution in [0.4, 0.5) is 0 Å². The second-order valence-electron chi connectivity index (χ2n) is 14.1. The maximum Gasteiger partial charge on any atom is 0.326 e. The first-order valence-corrected chi connectivity index (χ1v) is 15.0. The van der Waals surface area contributed by atoms with Gasteiger partial charge in [-0.2, -0.15) is 0 Å². The molecule has 0 bridgehead atoms. The predicted molar refractivity (Wildman–Crippen MR) is 166 cm³/mol. The van der Waals surface area contributed by atoms with Crippen LogP contribution < -0.4 is 5.32 Å². The van der Waals surface area contributed by atoms with Gasteiger partial charge >= 0.3 is 5.97 Å². The number of fused-ring (bicyclic) bond motifs is 1. The minimum absolute atomic E-state index is 0.0519. The molecule has 3 rings (SSSR count). The SMILES string of the molecule is [2H]C1([2H])[C@@H](C=O)N(C(=O)[C@](C)(CC)N[C@@](C)(CC(C)c2ccc(C)c(C)c2)C(=O)OCC(C)C)[C@@]2([2H])C(C)(C)C(C)(C)C([2H])([2H])[C@@]12[2H]. The summed E-state index contributed by atoms with van der Waals surface area (Å²) in [5.74, 6) is -4.38. The fourth-order valence-corrected chi connectivity index (χ4v) is 5.89. The van der Waals surface area contributed by atoms with Gasteiger partial charge in [0.15, 0.2) is 0 Å². The van der Waals surface area contributed by atoms with Gasteiger partial charge in [-0.25, -0.2) is 0 Å². The Kier molecular flexibility index (Phi) is 7.29. The standard InChI is InChI=1S/C35H56N2O4/c1-13-34(11,30(39)37-28(20-38)17-27-19-32(7,8)33(9,10)29(27)37)36-35(12,31(40)41-21-22(2)3)18-25(6)26-15-14-23(4)24(5)16-26/h14-16,20,22,25,27-29,36H,13,17-19,21H2,1-12H3/t25?,27-,28+,29-,34+,35+/m1/s1/i17D2,19D2,27D,29D. The number of nitrogens with zero attached hydrogens (tertiary/aromatic N) is 1. The highest BCUT2D eigenvalue weighted by Gasteiger charge is 2.63. The number of nitrogens with one attached hydrogen (secondary N) is 1. The Morgan fingerprint density at radius 3 is 2.34 bits per heavy atom. The van der Waals surface area contributed by atoms with Crippen LogP contribution >= 0.6 is 0 Å². The lowest BCUT2D eigenvalue weighted by atomic mass is 9.68. The van der Waals surface area contributed by atoms with Crippen molar-refractivity contribution in [2.45, 2.75) is 138 Å². The van der Waals surface area contributed by atoms with Crippen LogP contribution in [0, 0.1) is 36.5 Å². The minimum atomic E-state index is -2.92. The highest BCUT2D eigenvalue weighted by Crippen LogP contribution is 2.60. The van der Waals surface area contributed by atoms with Crippen molar-refractivity contribution in [3.8, 4) is 0 Å². The molecular formula is C35H56N2O4. The highest BCUT2D eigenvalue weighted by molar-refractivity contribution is 5.91. The summed E-state index contributed by atoms with van der Waals surface area (Å²) in [5, 5.41) is 3.29.